The monoisotopic (exact) mass is 436 g/mol. The van der Waals surface area contributed by atoms with E-state index in [2.05, 4.69) is 5.32 Å². The molecule has 1 atom stereocenters. The number of carbonyl (C=O) groups is 2. The minimum atomic E-state index is -0.905. The molecule has 0 radical (unpaired) electrons. The summed E-state index contributed by atoms with van der Waals surface area (Å²) in [5.41, 5.74) is 2.10. The van der Waals surface area contributed by atoms with Gasteiger partial charge in [-0.15, -0.1) is 11.3 Å². The molecule has 0 bridgehead atoms. The van der Waals surface area contributed by atoms with Crippen LogP contribution in [0.25, 0.3) is 0 Å². The molecule has 2 aromatic carbocycles. The van der Waals surface area contributed by atoms with Gasteiger partial charge >= 0.3 is 0 Å². The molecule has 3 aromatic rings. The maximum atomic E-state index is 14.1. The minimum absolute atomic E-state index is 0.103. The Hall–Kier alpha value is -2.99. The van der Waals surface area contributed by atoms with Crippen LogP contribution in [0.5, 0.6) is 0 Å². The summed E-state index contributed by atoms with van der Waals surface area (Å²) in [4.78, 5) is 29.1. The first-order valence-electron chi connectivity index (χ1n) is 10.5. The molecule has 0 saturated heterocycles. The van der Waals surface area contributed by atoms with Gasteiger partial charge in [-0.2, -0.15) is 0 Å². The van der Waals surface area contributed by atoms with Gasteiger partial charge in [0, 0.05) is 11.7 Å². The molecule has 160 valence electrons. The van der Waals surface area contributed by atoms with Gasteiger partial charge in [-0.25, -0.2) is 4.39 Å². The maximum absolute atomic E-state index is 14.1. The summed E-state index contributed by atoms with van der Waals surface area (Å²) < 4.78 is 14.1. The van der Waals surface area contributed by atoms with Gasteiger partial charge in [0.05, 0.1) is 4.88 Å². The first-order valence-corrected chi connectivity index (χ1v) is 11.4. The quantitative estimate of drug-likeness (QED) is 0.543. The molecular weight excluding hydrogens is 411 g/mol. The van der Waals surface area contributed by atoms with Gasteiger partial charge in [0.15, 0.2) is 0 Å². The number of hydrogen-bond donors (Lipinski definition) is 1. The number of anilines is 1. The number of thiophene rings is 1. The zero-order chi connectivity index (χ0) is 21.8. The molecule has 6 heteroatoms. The molecule has 1 N–H and O–H groups in total. The Morgan fingerprint density at radius 2 is 1.81 bits per heavy atom. The van der Waals surface area contributed by atoms with Crippen LogP contribution in [0.2, 0.25) is 0 Å². The fraction of sp³-hybridized carbons (Fsp3) is 0.280. The number of aryl methyl sites for hydroxylation is 1. The fourth-order valence-electron chi connectivity index (χ4n) is 4.05. The highest BCUT2D eigenvalue weighted by Gasteiger charge is 2.35. The van der Waals surface area contributed by atoms with Crippen molar-refractivity contribution in [3.8, 4) is 0 Å². The van der Waals surface area contributed by atoms with Crippen LogP contribution in [0.3, 0.4) is 0 Å². The van der Waals surface area contributed by atoms with Crippen molar-refractivity contribution in [3.05, 3.63) is 87.9 Å². The number of rotatable bonds is 6. The Morgan fingerprint density at radius 3 is 2.45 bits per heavy atom. The van der Waals surface area contributed by atoms with E-state index in [1.54, 1.807) is 24.3 Å². The van der Waals surface area contributed by atoms with Crippen molar-refractivity contribution in [1.29, 1.82) is 0 Å². The largest absolute Gasteiger partial charge is 0.351 e. The van der Waals surface area contributed by atoms with Crippen LogP contribution < -0.4 is 10.2 Å². The van der Waals surface area contributed by atoms with E-state index < -0.39 is 11.9 Å². The molecule has 4 nitrogen and oxygen atoms in total. The lowest BCUT2D eigenvalue weighted by Crippen LogP contribution is -2.46. The second kappa shape index (κ2) is 9.43. The minimum Gasteiger partial charge on any atom is -0.351 e. The molecule has 2 amide bonds. The number of hydrogen-bond acceptors (Lipinski definition) is 3. The van der Waals surface area contributed by atoms with Crippen molar-refractivity contribution in [2.24, 2.45) is 0 Å². The summed E-state index contributed by atoms with van der Waals surface area (Å²) in [7, 11) is 0. The molecule has 1 aliphatic rings. The van der Waals surface area contributed by atoms with Gasteiger partial charge in [0.1, 0.15) is 11.9 Å². The van der Waals surface area contributed by atoms with E-state index >= 15 is 0 Å². The maximum Gasteiger partial charge on any atom is 0.269 e. The molecule has 31 heavy (non-hydrogen) atoms. The highest BCUT2D eigenvalue weighted by Crippen LogP contribution is 2.32. The SMILES string of the molecule is Cc1ccc([C@H](C(=O)NC2CCCC2)N(C(=O)c2cccs2)c2cccc(F)c2)cc1. The van der Waals surface area contributed by atoms with Crippen LogP contribution in [0.15, 0.2) is 66.0 Å². The molecule has 1 heterocycles. The normalized spacial score (nSPS) is 14.9. The summed E-state index contributed by atoms with van der Waals surface area (Å²) in [6, 6.07) is 16.1. The molecule has 0 aliphatic heterocycles. The first-order chi connectivity index (χ1) is 15.0. The third-order valence-corrected chi connectivity index (χ3v) is 6.50. The summed E-state index contributed by atoms with van der Waals surface area (Å²) in [5, 5.41) is 4.95. The summed E-state index contributed by atoms with van der Waals surface area (Å²) >= 11 is 1.30. The number of amides is 2. The lowest BCUT2D eigenvalue weighted by molar-refractivity contribution is -0.123. The summed E-state index contributed by atoms with van der Waals surface area (Å²) in [6.45, 7) is 1.97. The molecular formula is C25H25FN2O2S. The molecule has 4 rings (SSSR count). The number of benzene rings is 2. The van der Waals surface area contributed by atoms with Gasteiger partial charge < -0.3 is 5.32 Å². The van der Waals surface area contributed by atoms with Gasteiger partial charge in [0.25, 0.3) is 5.91 Å². The molecule has 1 fully saturated rings. The van der Waals surface area contributed by atoms with Crippen molar-refractivity contribution in [1.82, 2.24) is 5.32 Å². The van der Waals surface area contributed by atoms with E-state index in [-0.39, 0.29) is 17.9 Å². The first kappa shape index (κ1) is 21.2. The van der Waals surface area contributed by atoms with Crippen LogP contribution in [0.1, 0.15) is 52.5 Å². The Morgan fingerprint density at radius 1 is 1.06 bits per heavy atom. The third kappa shape index (κ3) is 4.85. The van der Waals surface area contributed by atoms with E-state index in [0.29, 0.717) is 16.1 Å². The molecule has 0 spiro atoms. The van der Waals surface area contributed by atoms with E-state index in [9.17, 15) is 14.0 Å². The van der Waals surface area contributed by atoms with Crippen LogP contribution in [0, 0.1) is 12.7 Å². The molecule has 1 aromatic heterocycles. The average molecular weight is 437 g/mol. The second-order valence-electron chi connectivity index (χ2n) is 7.94. The van der Waals surface area contributed by atoms with Crippen molar-refractivity contribution >= 4 is 28.8 Å². The number of halogens is 1. The molecule has 1 saturated carbocycles. The predicted octanol–water partition coefficient (Wildman–Crippen LogP) is 5.64. The lowest BCUT2D eigenvalue weighted by Gasteiger charge is -2.32. The molecule has 1 aliphatic carbocycles. The van der Waals surface area contributed by atoms with E-state index in [0.717, 1.165) is 31.2 Å². The van der Waals surface area contributed by atoms with Gasteiger partial charge in [-0.05, 0) is 55.0 Å². The van der Waals surface area contributed by atoms with Crippen molar-refractivity contribution in [3.63, 3.8) is 0 Å². The number of carbonyl (C=O) groups excluding carboxylic acids is 2. The van der Waals surface area contributed by atoms with Crippen LogP contribution in [-0.2, 0) is 4.79 Å². The van der Waals surface area contributed by atoms with Crippen LogP contribution >= 0.6 is 11.3 Å². The van der Waals surface area contributed by atoms with Crippen LogP contribution in [0.4, 0.5) is 10.1 Å². The van der Waals surface area contributed by atoms with Gasteiger partial charge in [-0.3, -0.25) is 14.5 Å². The van der Waals surface area contributed by atoms with Gasteiger partial charge in [-0.1, -0.05) is 54.8 Å². The zero-order valence-electron chi connectivity index (χ0n) is 17.4. The Kier molecular flexibility index (Phi) is 6.47. The fourth-order valence-corrected chi connectivity index (χ4v) is 4.71. The summed E-state index contributed by atoms with van der Waals surface area (Å²) in [5.74, 6) is -1.03. The van der Waals surface area contributed by atoms with Crippen molar-refractivity contribution in [2.45, 2.75) is 44.7 Å². The second-order valence-corrected chi connectivity index (χ2v) is 8.88. The smallest absolute Gasteiger partial charge is 0.269 e. The van der Waals surface area contributed by atoms with E-state index in [1.807, 2.05) is 36.6 Å². The third-order valence-electron chi connectivity index (χ3n) is 5.64. The highest BCUT2D eigenvalue weighted by atomic mass is 32.1. The number of nitrogens with zero attached hydrogens (tertiary/aromatic N) is 1. The standard InChI is InChI=1S/C25H25FN2O2S/c1-17-11-13-18(14-12-17)23(24(29)27-20-7-2-3-8-20)28(21-9-4-6-19(26)16-21)25(30)22-10-5-15-31-22/h4-6,9-16,20,23H,2-3,7-8H2,1H3,(H,27,29)/t23-/m1/s1. The van der Waals surface area contributed by atoms with Crippen LogP contribution in [-0.4, -0.2) is 17.9 Å². The topological polar surface area (TPSA) is 49.4 Å². The van der Waals surface area contributed by atoms with Crippen molar-refractivity contribution in [2.75, 3.05) is 4.90 Å². The highest BCUT2D eigenvalue weighted by molar-refractivity contribution is 7.12. The Bertz CT molecular complexity index is 1040. The van der Waals surface area contributed by atoms with E-state index in [4.69, 9.17) is 0 Å². The Labute approximate surface area is 185 Å². The van der Waals surface area contributed by atoms with E-state index in [1.165, 1.54) is 28.4 Å². The molecule has 0 unspecified atom stereocenters. The van der Waals surface area contributed by atoms with Crippen molar-refractivity contribution < 1.29 is 14.0 Å². The average Bonchev–Trinajstić information content (AvgIpc) is 3.46. The predicted molar refractivity (Wildman–Crippen MR) is 122 cm³/mol. The lowest BCUT2D eigenvalue weighted by atomic mass is 10.0. The zero-order valence-corrected chi connectivity index (χ0v) is 18.2. The Balaban J connectivity index is 1.80. The van der Waals surface area contributed by atoms with Gasteiger partial charge in [0.2, 0.25) is 5.91 Å². The number of nitrogens with one attached hydrogen (secondary N) is 1. The summed E-state index contributed by atoms with van der Waals surface area (Å²) in [6.07, 6.45) is 4.04.